The van der Waals surface area contributed by atoms with Gasteiger partial charge in [-0.05, 0) is 61.2 Å². The van der Waals surface area contributed by atoms with E-state index in [0.29, 0.717) is 6.61 Å². The van der Waals surface area contributed by atoms with Crippen LogP contribution in [0.25, 0.3) is 28.1 Å². The molecule has 33 heavy (non-hydrogen) atoms. The van der Waals surface area contributed by atoms with E-state index >= 15 is 0 Å². The molecule has 0 radical (unpaired) electrons. The van der Waals surface area contributed by atoms with Crippen molar-refractivity contribution in [1.82, 2.24) is 9.78 Å². The van der Waals surface area contributed by atoms with E-state index in [0.717, 1.165) is 71.0 Å². The molecule has 0 fully saturated rings. The molecule has 0 saturated heterocycles. The summed E-state index contributed by atoms with van der Waals surface area (Å²) in [6.45, 7) is 1.49. The fourth-order valence-corrected chi connectivity index (χ4v) is 4.41. The first-order chi connectivity index (χ1) is 16.3. The Balaban J connectivity index is 1.34. The van der Waals surface area contributed by atoms with Gasteiger partial charge in [0.05, 0.1) is 5.69 Å². The zero-order valence-electron chi connectivity index (χ0n) is 18.3. The van der Waals surface area contributed by atoms with Crippen molar-refractivity contribution in [2.45, 2.75) is 25.9 Å². The molecule has 5 aromatic rings. The number of hydrogen-bond donors (Lipinski definition) is 1. The average Bonchev–Trinajstić information content (AvgIpc) is 3.37. The molecule has 5 heteroatoms. The van der Waals surface area contributed by atoms with Crippen molar-refractivity contribution in [2.75, 3.05) is 11.9 Å². The number of fused-ring (bicyclic) bond motifs is 2. The van der Waals surface area contributed by atoms with Gasteiger partial charge >= 0.3 is 0 Å². The molecule has 0 spiro atoms. The summed E-state index contributed by atoms with van der Waals surface area (Å²) in [5.74, 6) is 2.71. The SMILES string of the molecule is c1ccc(COc2ccc(-n3nc(-c4cc5ccccc5o4)c4c3NCCCC4)cc2)cc1. The number of nitrogens with zero attached hydrogens (tertiary/aromatic N) is 2. The van der Waals surface area contributed by atoms with Crippen LogP contribution in [0.1, 0.15) is 24.0 Å². The monoisotopic (exact) mass is 435 g/mol. The molecule has 1 aliphatic rings. The van der Waals surface area contributed by atoms with Gasteiger partial charge in [0, 0.05) is 17.5 Å². The van der Waals surface area contributed by atoms with E-state index in [1.807, 2.05) is 53.2 Å². The van der Waals surface area contributed by atoms with Gasteiger partial charge in [0.2, 0.25) is 0 Å². The lowest BCUT2D eigenvalue weighted by molar-refractivity contribution is 0.306. The maximum atomic E-state index is 6.18. The highest BCUT2D eigenvalue weighted by molar-refractivity contribution is 5.83. The first kappa shape index (κ1) is 19.7. The summed E-state index contributed by atoms with van der Waals surface area (Å²) in [6.07, 6.45) is 3.25. The topological polar surface area (TPSA) is 52.2 Å². The van der Waals surface area contributed by atoms with E-state index in [9.17, 15) is 0 Å². The average molecular weight is 436 g/mol. The van der Waals surface area contributed by atoms with Crippen LogP contribution < -0.4 is 10.1 Å². The quantitative estimate of drug-likeness (QED) is 0.337. The summed E-state index contributed by atoms with van der Waals surface area (Å²) in [7, 11) is 0. The fourth-order valence-electron chi connectivity index (χ4n) is 4.41. The molecule has 1 N–H and O–H groups in total. The highest BCUT2D eigenvalue weighted by Gasteiger charge is 2.23. The molecule has 5 nitrogen and oxygen atoms in total. The largest absolute Gasteiger partial charge is 0.489 e. The van der Waals surface area contributed by atoms with Crippen molar-refractivity contribution >= 4 is 16.8 Å². The maximum Gasteiger partial charge on any atom is 0.156 e. The molecule has 1 aliphatic heterocycles. The zero-order valence-corrected chi connectivity index (χ0v) is 18.3. The van der Waals surface area contributed by atoms with E-state index in [4.69, 9.17) is 14.3 Å². The summed E-state index contributed by atoms with van der Waals surface area (Å²) in [5, 5.41) is 9.71. The molecule has 3 heterocycles. The number of ether oxygens (including phenoxy) is 1. The van der Waals surface area contributed by atoms with Crippen LogP contribution in [0.3, 0.4) is 0 Å². The Morgan fingerprint density at radius 1 is 0.909 bits per heavy atom. The Morgan fingerprint density at radius 3 is 2.58 bits per heavy atom. The van der Waals surface area contributed by atoms with Crippen LogP contribution in [0.5, 0.6) is 5.75 Å². The van der Waals surface area contributed by atoms with E-state index in [2.05, 4.69) is 41.7 Å². The van der Waals surface area contributed by atoms with Crippen molar-refractivity contribution in [2.24, 2.45) is 0 Å². The van der Waals surface area contributed by atoms with Gasteiger partial charge in [-0.3, -0.25) is 0 Å². The van der Waals surface area contributed by atoms with Crippen LogP contribution in [-0.2, 0) is 13.0 Å². The van der Waals surface area contributed by atoms with Crippen LogP contribution in [0, 0.1) is 0 Å². The van der Waals surface area contributed by atoms with Gasteiger partial charge in [0.25, 0.3) is 0 Å². The lowest BCUT2D eigenvalue weighted by atomic mass is 10.1. The third kappa shape index (κ3) is 3.87. The summed E-state index contributed by atoms with van der Waals surface area (Å²) >= 11 is 0. The second-order valence-corrected chi connectivity index (χ2v) is 8.39. The molecular weight excluding hydrogens is 410 g/mol. The molecule has 0 unspecified atom stereocenters. The summed E-state index contributed by atoms with van der Waals surface area (Å²) in [6, 6.07) is 28.5. The number of benzene rings is 3. The zero-order chi connectivity index (χ0) is 22.0. The van der Waals surface area contributed by atoms with Gasteiger partial charge < -0.3 is 14.5 Å². The predicted octanol–water partition coefficient (Wildman–Crippen LogP) is 6.61. The molecule has 0 amide bonds. The highest BCUT2D eigenvalue weighted by atomic mass is 16.5. The Labute approximate surface area is 192 Å². The number of para-hydroxylation sites is 1. The number of rotatable bonds is 5. The van der Waals surface area contributed by atoms with Gasteiger partial charge in [-0.2, -0.15) is 5.10 Å². The van der Waals surface area contributed by atoms with Gasteiger partial charge in [0.15, 0.2) is 5.76 Å². The molecule has 0 atom stereocenters. The first-order valence-electron chi connectivity index (χ1n) is 11.5. The smallest absolute Gasteiger partial charge is 0.156 e. The van der Waals surface area contributed by atoms with Crippen LogP contribution in [0.4, 0.5) is 5.82 Å². The van der Waals surface area contributed by atoms with Crippen molar-refractivity contribution in [3.8, 4) is 22.9 Å². The Morgan fingerprint density at radius 2 is 1.73 bits per heavy atom. The maximum absolute atomic E-state index is 6.18. The third-order valence-electron chi connectivity index (χ3n) is 6.12. The predicted molar refractivity (Wildman–Crippen MR) is 131 cm³/mol. The second kappa shape index (κ2) is 8.51. The second-order valence-electron chi connectivity index (χ2n) is 8.39. The Bertz CT molecular complexity index is 1350. The minimum atomic E-state index is 0.551. The number of furan rings is 1. The lowest BCUT2D eigenvalue weighted by Crippen LogP contribution is -2.07. The van der Waals surface area contributed by atoms with Gasteiger partial charge in [0.1, 0.15) is 29.5 Å². The Hall–Kier alpha value is -3.99. The Kier molecular flexibility index (Phi) is 5.07. The van der Waals surface area contributed by atoms with E-state index in [1.165, 1.54) is 5.56 Å². The minimum absolute atomic E-state index is 0.551. The number of aromatic nitrogens is 2. The summed E-state index contributed by atoms with van der Waals surface area (Å²) < 4.78 is 14.1. The van der Waals surface area contributed by atoms with Crippen molar-refractivity contribution < 1.29 is 9.15 Å². The molecule has 2 aromatic heterocycles. The van der Waals surface area contributed by atoms with Crippen molar-refractivity contribution in [1.29, 1.82) is 0 Å². The molecule has 0 aliphatic carbocycles. The van der Waals surface area contributed by atoms with Crippen LogP contribution in [0.2, 0.25) is 0 Å². The van der Waals surface area contributed by atoms with Crippen molar-refractivity contribution in [3.05, 3.63) is 96.1 Å². The van der Waals surface area contributed by atoms with Gasteiger partial charge in [-0.1, -0.05) is 48.5 Å². The number of nitrogens with one attached hydrogen (secondary N) is 1. The highest BCUT2D eigenvalue weighted by Crippen LogP contribution is 2.36. The molecule has 0 bridgehead atoms. The number of hydrogen-bond acceptors (Lipinski definition) is 4. The van der Waals surface area contributed by atoms with E-state index in [1.54, 1.807) is 0 Å². The first-order valence-corrected chi connectivity index (χ1v) is 11.5. The van der Waals surface area contributed by atoms with Crippen LogP contribution in [0.15, 0.2) is 89.3 Å². The summed E-state index contributed by atoms with van der Waals surface area (Å²) in [5.41, 5.74) is 5.17. The third-order valence-corrected chi connectivity index (χ3v) is 6.12. The van der Waals surface area contributed by atoms with Crippen LogP contribution >= 0.6 is 0 Å². The molecule has 164 valence electrons. The minimum Gasteiger partial charge on any atom is -0.489 e. The van der Waals surface area contributed by atoms with Gasteiger partial charge in [-0.25, -0.2) is 4.68 Å². The molecular formula is C28H25N3O2. The van der Waals surface area contributed by atoms with Gasteiger partial charge in [-0.15, -0.1) is 0 Å². The van der Waals surface area contributed by atoms with E-state index < -0.39 is 0 Å². The van der Waals surface area contributed by atoms with Crippen molar-refractivity contribution in [3.63, 3.8) is 0 Å². The lowest BCUT2D eigenvalue weighted by Gasteiger charge is -2.11. The normalized spacial score (nSPS) is 13.3. The molecule has 0 saturated carbocycles. The molecule has 3 aromatic carbocycles. The fraction of sp³-hybridized carbons (Fsp3) is 0.179. The van der Waals surface area contributed by atoms with E-state index in [-0.39, 0.29) is 0 Å². The number of anilines is 1. The molecule has 6 rings (SSSR count). The summed E-state index contributed by atoms with van der Waals surface area (Å²) in [4.78, 5) is 0. The van der Waals surface area contributed by atoms with Crippen LogP contribution in [-0.4, -0.2) is 16.3 Å². The standard InChI is InChI=1S/C28H25N3O2/c1-2-8-20(9-3-1)19-32-23-15-13-22(14-16-23)31-28-24(11-6-7-17-29-28)27(30-31)26-18-21-10-4-5-12-25(21)33-26/h1-5,8-10,12-16,18,29H,6-7,11,17,19H2.